The number of aryl methyl sites for hydroxylation is 1. The van der Waals surface area contributed by atoms with Crippen molar-refractivity contribution in [2.24, 2.45) is 0 Å². The Morgan fingerprint density at radius 1 is 1.16 bits per heavy atom. The van der Waals surface area contributed by atoms with Gasteiger partial charge in [0.2, 0.25) is 0 Å². The molecule has 7 heteroatoms. The summed E-state index contributed by atoms with van der Waals surface area (Å²) in [7, 11) is 1.33. The summed E-state index contributed by atoms with van der Waals surface area (Å²) in [5, 5.41) is 13.9. The molecule has 128 valence electrons. The van der Waals surface area contributed by atoms with Gasteiger partial charge in [-0.25, -0.2) is 4.79 Å². The lowest BCUT2D eigenvalue weighted by atomic mass is 10.1. The van der Waals surface area contributed by atoms with Crippen LogP contribution in [0.25, 0.3) is 11.3 Å². The number of rotatable bonds is 4. The van der Waals surface area contributed by atoms with E-state index in [-0.39, 0.29) is 0 Å². The number of benzene rings is 2. The molecule has 3 N–H and O–H groups in total. The SMILES string of the molecule is COC(=O)Nc1ccc(Nc2cc(-c3ccc(Cl)cc3)[nH]n2)c(C)c1. The number of amides is 1. The molecule has 2 aromatic carbocycles. The fourth-order valence-electron chi connectivity index (χ4n) is 2.35. The lowest BCUT2D eigenvalue weighted by Gasteiger charge is -2.09. The van der Waals surface area contributed by atoms with Gasteiger partial charge in [0.15, 0.2) is 5.82 Å². The van der Waals surface area contributed by atoms with E-state index >= 15 is 0 Å². The number of aromatic nitrogens is 2. The maximum absolute atomic E-state index is 11.3. The Kier molecular flexibility index (Phi) is 4.90. The molecule has 0 unspecified atom stereocenters. The lowest BCUT2D eigenvalue weighted by molar-refractivity contribution is 0.187. The predicted octanol–water partition coefficient (Wildman–Crippen LogP) is 4.96. The fraction of sp³-hybridized carbons (Fsp3) is 0.111. The minimum absolute atomic E-state index is 0.500. The van der Waals surface area contributed by atoms with Crippen LogP contribution in [0.1, 0.15) is 5.56 Å². The van der Waals surface area contributed by atoms with Gasteiger partial charge in [-0.15, -0.1) is 0 Å². The van der Waals surface area contributed by atoms with Crippen LogP contribution in [0.3, 0.4) is 0 Å². The van der Waals surface area contributed by atoms with E-state index in [1.165, 1.54) is 7.11 Å². The van der Waals surface area contributed by atoms with Crippen molar-refractivity contribution in [2.75, 3.05) is 17.7 Å². The van der Waals surface area contributed by atoms with Gasteiger partial charge in [-0.1, -0.05) is 23.7 Å². The van der Waals surface area contributed by atoms with Gasteiger partial charge in [-0.05, 0) is 48.4 Å². The number of hydrogen-bond acceptors (Lipinski definition) is 4. The molecule has 1 heterocycles. The van der Waals surface area contributed by atoms with Crippen molar-refractivity contribution in [3.05, 3.63) is 59.1 Å². The van der Waals surface area contributed by atoms with Gasteiger partial charge in [0.05, 0.1) is 12.8 Å². The van der Waals surface area contributed by atoms with Crippen molar-refractivity contribution in [3.63, 3.8) is 0 Å². The molecular formula is C18H17ClN4O2. The van der Waals surface area contributed by atoms with Crippen LogP contribution in [0.4, 0.5) is 22.0 Å². The first-order valence-corrected chi connectivity index (χ1v) is 7.97. The number of ether oxygens (including phenoxy) is 1. The Bertz CT molecular complexity index is 890. The average Bonchev–Trinajstić information content (AvgIpc) is 3.06. The van der Waals surface area contributed by atoms with Crippen LogP contribution in [-0.4, -0.2) is 23.4 Å². The van der Waals surface area contributed by atoms with Crippen molar-refractivity contribution in [1.29, 1.82) is 0 Å². The second kappa shape index (κ2) is 7.27. The van der Waals surface area contributed by atoms with E-state index in [1.807, 2.05) is 49.4 Å². The minimum Gasteiger partial charge on any atom is -0.453 e. The van der Waals surface area contributed by atoms with Gasteiger partial charge >= 0.3 is 6.09 Å². The molecule has 3 aromatic rings. The standard InChI is InChI=1S/C18H17ClN4O2/c1-11-9-14(20-18(24)25-2)7-8-15(11)21-17-10-16(22-23-17)12-3-5-13(19)6-4-12/h3-10H,1-2H3,(H,20,24)(H2,21,22,23). The van der Waals surface area contributed by atoms with Crippen molar-refractivity contribution in [3.8, 4) is 11.3 Å². The van der Waals surface area contributed by atoms with Crippen LogP contribution in [0, 0.1) is 6.92 Å². The number of aromatic amines is 1. The highest BCUT2D eigenvalue weighted by Gasteiger charge is 2.07. The third-order valence-corrected chi connectivity index (χ3v) is 3.91. The molecule has 0 saturated heterocycles. The zero-order valence-corrected chi connectivity index (χ0v) is 14.5. The van der Waals surface area contributed by atoms with E-state index in [1.54, 1.807) is 6.07 Å². The highest BCUT2D eigenvalue weighted by atomic mass is 35.5. The number of nitrogens with one attached hydrogen (secondary N) is 3. The smallest absolute Gasteiger partial charge is 0.411 e. The molecule has 1 amide bonds. The molecule has 6 nitrogen and oxygen atoms in total. The Morgan fingerprint density at radius 3 is 2.60 bits per heavy atom. The van der Waals surface area contributed by atoms with Crippen LogP contribution in [-0.2, 0) is 4.74 Å². The number of anilines is 3. The Morgan fingerprint density at radius 2 is 1.92 bits per heavy atom. The first kappa shape index (κ1) is 16.9. The molecule has 0 bridgehead atoms. The van der Waals surface area contributed by atoms with E-state index in [4.69, 9.17) is 11.6 Å². The predicted molar refractivity (Wildman–Crippen MR) is 99.5 cm³/mol. The first-order valence-electron chi connectivity index (χ1n) is 7.59. The average molecular weight is 357 g/mol. The van der Waals surface area contributed by atoms with Gasteiger partial charge in [0, 0.05) is 22.5 Å². The maximum atomic E-state index is 11.3. The third kappa shape index (κ3) is 4.10. The summed E-state index contributed by atoms with van der Waals surface area (Å²) < 4.78 is 4.58. The number of carbonyl (C=O) groups excluding carboxylic acids is 1. The lowest BCUT2D eigenvalue weighted by Crippen LogP contribution is -2.11. The van der Waals surface area contributed by atoms with Gasteiger partial charge in [-0.2, -0.15) is 5.10 Å². The fourth-order valence-corrected chi connectivity index (χ4v) is 2.48. The van der Waals surface area contributed by atoms with Gasteiger partial charge in [0.1, 0.15) is 0 Å². The van der Waals surface area contributed by atoms with E-state index < -0.39 is 6.09 Å². The summed E-state index contributed by atoms with van der Waals surface area (Å²) in [5.74, 6) is 0.696. The number of halogens is 1. The summed E-state index contributed by atoms with van der Waals surface area (Å²) in [4.78, 5) is 11.3. The Hall–Kier alpha value is -2.99. The molecule has 0 spiro atoms. The topological polar surface area (TPSA) is 79.0 Å². The van der Waals surface area contributed by atoms with Crippen LogP contribution in [0.15, 0.2) is 48.5 Å². The highest BCUT2D eigenvalue weighted by Crippen LogP contribution is 2.26. The summed E-state index contributed by atoms with van der Waals surface area (Å²) in [6.45, 7) is 1.94. The zero-order chi connectivity index (χ0) is 17.8. The Balaban J connectivity index is 1.74. The summed E-state index contributed by atoms with van der Waals surface area (Å²) in [6, 6.07) is 15.0. The van der Waals surface area contributed by atoms with E-state index in [0.29, 0.717) is 16.5 Å². The minimum atomic E-state index is -0.500. The number of hydrogen-bond donors (Lipinski definition) is 3. The molecule has 0 atom stereocenters. The molecule has 1 aromatic heterocycles. The second-order valence-electron chi connectivity index (χ2n) is 5.45. The largest absolute Gasteiger partial charge is 0.453 e. The van der Waals surface area contributed by atoms with Crippen LogP contribution in [0.2, 0.25) is 5.02 Å². The molecule has 0 aliphatic heterocycles. The van der Waals surface area contributed by atoms with Gasteiger partial charge < -0.3 is 10.1 Å². The van der Waals surface area contributed by atoms with E-state index in [2.05, 4.69) is 25.6 Å². The number of methoxy groups -OCH3 is 1. The third-order valence-electron chi connectivity index (χ3n) is 3.65. The van der Waals surface area contributed by atoms with E-state index in [0.717, 1.165) is 22.5 Å². The van der Waals surface area contributed by atoms with Crippen LogP contribution < -0.4 is 10.6 Å². The van der Waals surface area contributed by atoms with Crippen molar-refractivity contribution < 1.29 is 9.53 Å². The molecular weight excluding hydrogens is 340 g/mol. The monoisotopic (exact) mass is 356 g/mol. The van der Waals surface area contributed by atoms with Crippen molar-refractivity contribution in [1.82, 2.24) is 10.2 Å². The molecule has 0 aliphatic carbocycles. The summed E-state index contributed by atoms with van der Waals surface area (Å²) in [6.07, 6.45) is -0.500. The van der Waals surface area contributed by atoms with Gasteiger partial charge in [-0.3, -0.25) is 10.4 Å². The van der Waals surface area contributed by atoms with Crippen molar-refractivity contribution >= 4 is 34.9 Å². The summed E-state index contributed by atoms with van der Waals surface area (Å²) in [5.41, 5.74) is 4.41. The second-order valence-corrected chi connectivity index (χ2v) is 5.88. The summed E-state index contributed by atoms with van der Waals surface area (Å²) >= 11 is 5.91. The quantitative estimate of drug-likeness (QED) is 0.617. The number of carbonyl (C=O) groups is 1. The van der Waals surface area contributed by atoms with Gasteiger partial charge in [0.25, 0.3) is 0 Å². The normalized spacial score (nSPS) is 10.4. The van der Waals surface area contributed by atoms with Crippen LogP contribution in [0.5, 0.6) is 0 Å². The van der Waals surface area contributed by atoms with Crippen molar-refractivity contribution in [2.45, 2.75) is 6.92 Å². The molecule has 3 rings (SSSR count). The maximum Gasteiger partial charge on any atom is 0.411 e. The zero-order valence-electron chi connectivity index (χ0n) is 13.8. The Labute approximate surface area is 150 Å². The molecule has 0 aliphatic rings. The molecule has 0 fully saturated rings. The highest BCUT2D eigenvalue weighted by molar-refractivity contribution is 6.30. The number of nitrogens with zero attached hydrogens (tertiary/aromatic N) is 1. The van der Waals surface area contributed by atoms with E-state index in [9.17, 15) is 4.79 Å². The van der Waals surface area contributed by atoms with Crippen LogP contribution >= 0.6 is 11.6 Å². The molecule has 25 heavy (non-hydrogen) atoms. The number of H-pyrrole nitrogens is 1. The molecule has 0 radical (unpaired) electrons. The molecule has 0 saturated carbocycles. The first-order chi connectivity index (χ1) is 12.0.